The van der Waals surface area contributed by atoms with Crippen LogP contribution in [0.5, 0.6) is 17.2 Å². The van der Waals surface area contributed by atoms with Crippen molar-refractivity contribution in [1.29, 1.82) is 0 Å². The Labute approximate surface area is 208 Å². The van der Waals surface area contributed by atoms with Crippen molar-refractivity contribution in [3.63, 3.8) is 0 Å². The number of nitrogens with one attached hydrogen (secondary N) is 2. The Balaban J connectivity index is 0.00000512. The summed E-state index contributed by atoms with van der Waals surface area (Å²) in [6.45, 7) is 7.97. The van der Waals surface area contributed by atoms with Gasteiger partial charge in [0.05, 0.1) is 27.4 Å². The topological polar surface area (TPSA) is 73.3 Å². The molecule has 0 unspecified atom stereocenters. The van der Waals surface area contributed by atoms with Gasteiger partial charge >= 0.3 is 0 Å². The van der Waals surface area contributed by atoms with E-state index >= 15 is 0 Å². The van der Waals surface area contributed by atoms with E-state index in [0.717, 1.165) is 54.8 Å². The molecule has 0 saturated heterocycles. The summed E-state index contributed by atoms with van der Waals surface area (Å²) < 4.78 is 21.7. The van der Waals surface area contributed by atoms with E-state index in [2.05, 4.69) is 10.6 Å². The monoisotopic (exact) mass is 557 g/mol. The van der Waals surface area contributed by atoms with E-state index < -0.39 is 0 Å². The van der Waals surface area contributed by atoms with Crippen molar-refractivity contribution in [2.24, 2.45) is 4.99 Å². The molecule has 0 amide bonds. The highest BCUT2D eigenvalue weighted by atomic mass is 127. The van der Waals surface area contributed by atoms with E-state index in [1.807, 2.05) is 56.3 Å². The number of ether oxygens (including phenoxy) is 4. The zero-order chi connectivity index (χ0) is 22.3. The van der Waals surface area contributed by atoms with Crippen LogP contribution in [0.25, 0.3) is 0 Å². The highest BCUT2D eigenvalue weighted by Crippen LogP contribution is 2.28. The van der Waals surface area contributed by atoms with Crippen LogP contribution in [0.15, 0.2) is 47.5 Å². The number of methoxy groups -OCH3 is 2. The molecule has 8 heteroatoms. The van der Waals surface area contributed by atoms with Crippen LogP contribution in [-0.2, 0) is 17.8 Å². The molecule has 2 aromatic rings. The predicted molar refractivity (Wildman–Crippen MR) is 140 cm³/mol. The molecular formula is C24H36IN3O4. The van der Waals surface area contributed by atoms with E-state index in [9.17, 15) is 0 Å². The summed E-state index contributed by atoms with van der Waals surface area (Å²) in [5.74, 6) is 3.05. The first-order valence-corrected chi connectivity index (χ1v) is 10.7. The van der Waals surface area contributed by atoms with Crippen LogP contribution < -0.4 is 24.8 Å². The molecular weight excluding hydrogens is 521 g/mol. The fraction of sp³-hybridized carbons (Fsp3) is 0.458. The maximum atomic E-state index is 5.59. The molecule has 2 N–H and O–H groups in total. The zero-order valence-corrected chi connectivity index (χ0v) is 21.8. The molecule has 178 valence electrons. The minimum Gasteiger partial charge on any atom is -0.497 e. The fourth-order valence-electron chi connectivity index (χ4n) is 2.88. The summed E-state index contributed by atoms with van der Waals surface area (Å²) >= 11 is 0. The Bertz CT molecular complexity index is 800. The third-order valence-electron chi connectivity index (χ3n) is 4.53. The minimum atomic E-state index is 0. The molecule has 0 spiro atoms. The van der Waals surface area contributed by atoms with Crippen molar-refractivity contribution in [2.75, 3.05) is 40.6 Å². The van der Waals surface area contributed by atoms with E-state index in [4.69, 9.17) is 23.9 Å². The number of guanidine groups is 1. The average molecular weight is 557 g/mol. The summed E-state index contributed by atoms with van der Waals surface area (Å²) in [7, 11) is 3.31. The second-order valence-corrected chi connectivity index (χ2v) is 6.76. The molecule has 7 nitrogen and oxygen atoms in total. The molecule has 0 heterocycles. The van der Waals surface area contributed by atoms with Gasteiger partial charge in [-0.15, -0.1) is 24.0 Å². The van der Waals surface area contributed by atoms with Crippen molar-refractivity contribution in [1.82, 2.24) is 10.6 Å². The number of halogens is 1. The molecule has 0 fully saturated rings. The van der Waals surface area contributed by atoms with Crippen LogP contribution in [-0.4, -0.2) is 46.5 Å². The lowest BCUT2D eigenvalue weighted by Crippen LogP contribution is -2.37. The number of aliphatic imine (C=N–C) groups is 1. The number of rotatable bonds is 13. The molecule has 2 rings (SSSR count). The second-order valence-electron chi connectivity index (χ2n) is 6.76. The summed E-state index contributed by atoms with van der Waals surface area (Å²) in [5, 5.41) is 6.78. The van der Waals surface area contributed by atoms with Crippen molar-refractivity contribution in [3.8, 4) is 17.2 Å². The quantitative estimate of drug-likeness (QED) is 0.165. The standard InChI is InChI=1S/C24H35N3O4.HI/c1-5-30-15-7-14-25-24(26-17-19-8-11-21(28-3)12-9-19)27-18-20-10-13-22(31-6-2)23(16-20)29-4;/h8-13,16H,5-7,14-15,17-18H2,1-4H3,(H2,25,26,27);1H. The number of hydrogen-bond donors (Lipinski definition) is 2. The van der Waals surface area contributed by atoms with Gasteiger partial charge in [0.25, 0.3) is 0 Å². The van der Waals surface area contributed by atoms with E-state index in [-0.39, 0.29) is 24.0 Å². The molecule has 0 aromatic heterocycles. The van der Waals surface area contributed by atoms with Gasteiger partial charge in [0, 0.05) is 26.3 Å². The molecule has 0 aliphatic heterocycles. The van der Waals surface area contributed by atoms with Crippen molar-refractivity contribution in [2.45, 2.75) is 33.4 Å². The van der Waals surface area contributed by atoms with Crippen LogP contribution in [0.4, 0.5) is 0 Å². The Kier molecular flexibility index (Phi) is 14.3. The summed E-state index contributed by atoms with van der Waals surface area (Å²) in [5.41, 5.74) is 2.19. The first kappa shape index (κ1) is 27.8. The van der Waals surface area contributed by atoms with Gasteiger partial charge in [-0.2, -0.15) is 0 Å². The third kappa shape index (κ3) is 9.95. The minimum absolute atomic E-state index is 0. The predicted octanol–water partition coefficient (Wildman–Crippen LogP) is 4.38. The van der Waals surface area contributed by atoms with Gasteiger partial charge < -0.3 is 29.6 Å². The lowest BCUT2D eigenvalue weighted by Gasteiger charge is -2.14. The van der Waals surface area contributed by atoms with Gasteiger partial charge in [-0.1, -0.05) is 18.2 Å². The van der Waals surface area contributed by atoms with Crippen LogP contribution in [0.3, 0.4) is 0 Å². The molecule has 2 aromatic carbocycles. The SMILES string of the molecule is CCOCCCNC(=NCc1ccc(OCC)c(OC)c1)NCc1ccc(OC)cc1.I. The van der Waals surface area contributed by atoms with Gasteiger partial charge in [-0.05, 0) is 55.7 Å². The van der Waals surface area contributed by atoms with Gasteiger partial charge in [0.1, 0.15) is 5.75 Å². The van der Waals surface area contributed by atoms with Crippen LogP contribution in [0, 0.1) is 0 Å². The molecule has 0 saturated carbocycles. The molecule has 0 atom stereocenters. The normalized spacial score (nSPS) is 10.8. The van der Waals surface area contributed by atoms with E-state index in [1.165, 1.54) is 0 Å². The first-order valence-electron chi connectivity index (χ1n) is 10.7. The van der Waals surface area contributed by atoms with E-state index in [0.29, 0.717) is 25.4 Å². The van der Waals surface area contributed by atoms with Crippen molar-refractivity contribution >= 4 is 29.9 Å². The fourth-order valence-corrected chi connectivity index (χ4v) is 2.88. The Morgan fingerprint density at radius 3 is 2.28 bits per heavy atom. The molecule has 0 radical (unpaired) electrons. The Morgan fingerprint density at radius 1 is 0.875 bits per heavy atom. The third-order valence-corrected chi connectivity index (χ3v) is 4.53. The van der Waals surface area contributed by atoms with Gasteiger partial charge in [0.15, 0.2) is 17.5 Å². The second kappa shape index (κ2) is 16.4. The maximum Gasteiger partial charge on any atom is 0.191 e. The van der Waals surface area contributed by atoms with E-state index in [1.54, 1.807) is 14.2 Å². The molecule has 0 aliphatic carbocycles. The largest absolute Gasteiger partial charge is 0.497 e. The number of nitrogens with zero attached hydrogens (tertiary/aromatic N) is 1. The highest BCUT2D eigenvalue weighted by Gasteiger charge is 2.06. The average Bonchev–Trinajstić information content (AvgIpc) is 2.81. The first-order chi connectivity index (χ1) is 15.2. The van der Waals surface area contributed by atoms with Crippen molar-refractivity contribution < 1.29 is 18.9 Å². The summed E-state index contributed by atoms with van der Waals surface area (Å²) in [6, 6.07) is 13.9. The Hall–Kier alpha value is -2.20. The van der Waals surface area contributed by atoms with Crippen LogP contribution in [0.2, 0.25) is 0 Å². The van der Waals surface area contributed by atoms with Crippen LogP contribution >= 0.6 is 24.0 Å². The molecule has 0 bridgehead atoms. The van der Waals surface area contributed by atoms with Gasteiger partial charge in [0.2, 0.25) is 0 Å². The van der Waals surface area contributed by atoms with Gasteiger partial charge in [-0.25, -0.2) is 4.99 Å². The lowest BCUT2D eigenvalue weighted by molar-refractivity contribution is 0.145. The summed E-state index contributed by atoms with van der Waals surface area (Å²) in [6.07, 6.45) is 0.911. The van der Waals surface area contributed by atoms with Crippen LogP contribution in [0.1, 0.15) is 31.4 Å². The summed E-state index contributed by atoms with van der Waals surface area (Å²) in [4.78, 5) is 4.74. The van der Waals surface area contributed by atoms with Gasteiger partial charge in [-0.3, -0.25) is 0 Å². The van der Waals surface area contributed by atoms with Crippen molar-refractivity contribution in [3.05, 3.63) is 53.6 Å². The lowest BCUT2D eigenvalue weighted by atomic mass is 10.2. The number of hydrogen-bond acceptors (Lipinski definition) is 5. The molecule has 0 aliphatic rings. The maximum absolute atomic E-state index is 5.59. The zero-order valence-electron chi connectivity index (χ0n) is 19.5. The number of benzene rings is 2. The Morgan fingerprint density at radius 2 is 1.62 bits per heavy atom. The highest BCUT2D eigenvalue weighted by molar-refractivity contribution is 14.0. The smallest absolute Gasteiger partial charge is 0.191 e. The molecule has 32 heavy (non-hydrogen) atoms.